The van der Waals surface area contributed by atoms with E-state index in [0.29, 0.717) is 6.54 Å². The summed E-state index contributed by atoms with van der Waals surface area (Å²) in [6.45, 7) is 2.53. The van der Waals surface area contributed by atoms with Gasteiger partial charge in [0.15, 0.2) is 0 Å². The summed E-state index contributed by atoms with van der Waals surface area (Å²) in [5.74, 6) is -1.67. The van der Waals surface area contributed by atoms with Crippen molar-refractivity contribution in [2.24, 2.45) is 7.05 Å². The third-order valence-electron chi connectivity index (χ3n) is 5.44. The Hall–Kier alpha value is -2.67. The fourth-order valence-corrected chi connectivity index (χ4v) is 3.78. The Morgan fingerprint density at radius 3 is 2.28 bits per heavy atom. The van der Waals surface area contributed by atoms with Gasteiger partial charge in [-0.3, -0.25) is 14.5 Å². The smallest absolute Gasteiger partial charge is 0.309 e. The molecule has 0 bridgehead atoms. The van der Waals surface area contributed by atoms with Crippen molar-refractivity contribution in [2.45, 2.75) is 38.3 Å². The van der Waals surface area contributed by atoms with Crippen molar-refractivity contribution in [3.63, 3.8) is 0 Å². The lowest BCUT2D eigenvalue weighted by Crippen LogP contribution is -2.44. The molecule has 0 radical (unpaired) electrons. The van der Waals surface area contributed by atoms with Crippen LogP contribution in [0, 0.1) is 5.82 Å². The minimum Gasteiger partial charge on any atom is -0.353 e. The van der Waals surface area contributed by atoms with E-state index in [-0.39, 0.29) is 18.4 Å². The maximum absolute atomic E-state index is 13.0. The fourth-order valence-electron chi connectivity index (χ4n) is 3.78. The summed E-state index contributed by atoms with van der Waals surface area (Å²) in [5.41, 5.74) is 1.86. The molecule has 1 aromatic heterocycles. The minimum atomic E-state index is -0.684. The molecule has 1 fully saturated rings. The molecule has 0 saturated carbocycles. The number of likely N-dealkylation sites (tertiary alicyclic amines) is 1. The highest BCUT2D eigenvalue weighted by Crippen LogP contribution is 2.24. The van der Waals surface area contributed by atoms with Crippen LogP contribution in [0.5, 0.6) is 0 Å². The van der Waals surface area contributed by atoms with E-state index in [0.717, 1.165) is 37.2 Å². The largest absolute Gasteiger partial charge is 0.353 e. The normalized spacial score (nSPS) is 16.1. The van der Waals surface area contributed by atoms with E-state index in [9.17, 15) is 14.0 Å². The van der Waals surface area contributed by atoms with Gasteiger partial charge in [0.25, 0.3) is 0 Å². The Kier molecular flexibility index (Phi) is 7.41. The number of hydrogen-bond donors (Lipinski definition) is 2. The van der Waals surface area contributed by atoms with Gasteiger partial charge in [-0.25, -0.2) is 4.39 Å². The van der Waals surface area contributed by atoms with Gasteiger partial charge in [-0.2, -0.15) is 0 Å². The molecule has 2 aromatic rings. The van der Waals surface area contributed by atoms with E-state index in [4.69, 9.17) is 0 Å². The summed E-state index contributed by atoms with van der Waals surface area (Å²) in [6.07, 6.45) is 6.75. The van der Waals surface area contributed by atoms with Crippen LogP contribution in [0.25, 0.3) is 0 Å². The molecule has 1 aliphatic heterocycles. The zero-order valence-electron chi connectivity index (χ0n) is 16.9. The Bertz CT molecular complexity index is 810. The molecular formula is C22H29FN4O2. The SMILES string of the molecule is Cn1cccc1C(CNC(=O)C(=O)NCc1ccc(F)cc1)N1CCCCCC1. The molecule has 0 spiro atoms. The lowest BCUT2D eigenvalue weighted by Gasteiger charge is -2.31. The van der Waals surface area contributed by atoms with Gasteiger partial charge >= 0.3 is 11.8 Å². The van der Waals surface area contributed by atoms with Gasteiger partial charge in [0.05, 0.1) is 6.04 Å². The van der Waals surface area contributed by atoms with Crippen molar-refractivity contribution in [1.82, 2.24) is 20.1 Å². The predicted molar refractivity (Wildman–Crippen MR) is 109 cm³/mol. The number of carbonyl (C=O) groups is 2. The number of hydrogen-bond acceptors (Lipinski definition) is 3. The van der Waals surface area contributed by atoms with E-state index in [1.54, 1.807) is 12.1 Å². The Morgan fingerprint density at radius 1 is 1.00 bits per heavy atom. The van der Waals surface area contributed by atoms with Crippen LogP contribution in [0.3, 0.4) is 0 Å². The fraction of sp³-hybridized carbons (Fsp3) is 0.455. The molecule has 7 heteroatoms. The van der Waals surface area contributed by atoms with Crippen LogP contribution in [-0.2, 0) is 23.2 Å². The summed E-state index contributed by atoms with van der Waals surface area (Å²) in [5, 5.41) is 5.38. The highest BCUT2D eigenvalue weighted by Gasteiger charge is 2.25. The number of benzene rings is 1. The molecule has 3 rings (SSSR count). The summed E-state index contributed by atoms with van der Waals surface area (Å²) >= 11 is 0. The summed E-state index contributed by atoms with van der Waals surface area (Å²) in [7, 11) is 2.00. The van der Waals surface area contributed by atoms with Crippen LogP contribution < -0.4 is 10.6 Å². The van der Waals surface area contributed by atoms with Crippen LogP contribution >= 0.6 is 0 Å². The second kappa shape index (κ2) is 10.2. The van der Waals surface area contributed by atoms with Crippen LogP contribution in [-0.4, -0.2) is 40.9 Å². The van der Waals surface area contributed by atoms with Crippen LogP contribution in [0.1, 0.15) is 43.0 Å². The van der Waals surface area contributed by atoms with Crippen molar-refractivity contribution in [1.29, 1.82) is 0 Å². The first kappa shape index (κ1) is 21.0. The lowest BCUT2D eigenvalue weighted by atomic mass is 10.1. The quantitative estimate of drug-likeness (QED) is 0.733. The zero-order valence-corrected chi connectivity index (χ0v) is 16.9. The first-order chi connectivity index (χ1) is 14.0. The number of carbonyl (C=O) groups excluding carboxylic acids is 2. The third-order valence-corrected chi connectivity index (χ3v) is 5.44. The van der Waals surface area contributed by atoms with Gasteiger partial charge in [0.1, 0.15) is 5.82 Å². The van der Waals surface area contributed by atoms with Crippen molar-refractivity contribution in [3.8, 4) is 0 Å². The number of aryl methyl sites for hydroxylation is 1. The van der Waals surface area contributed by atoms with E-state index >= 15 is 0 Å². The molecule has 1 saturated heterocycles. The Morgan fingerprint density at radius 2 is 1.66 bits per heavy atom. The van der Waals surface area contributed by atoms with Gasteiger partial charge in [-0.15, -0.1) is 0 Å². The molecule has 1 atom stereocenters. The number of rotatable bonds is 6. The van der Waals surface area contributed by atoms with Crippen LogP contribution in [0.2, 0.25) is 0 Å². The van der Waals surface area contributed by atoms with Gasteiger partial charge in [0.2, 0.25) is 0 Å². The van der Waals surface area contributed by atoms with Gasteiger partial charge in [-0.05, 0) is 55.8 Å². The first-order valence-corrected chi connectivity index (χ1v) is 10.2. The van der Waals surface area contributed by atoms with E-state index in [1.807, 2.05) is 19.3 Å². The second-order valence-corrected chi connectivity index (χ2v) is 7.53. The molecule has 2 heterocycles. The van der Waals surface area contributed by atoms with E-state index < -0.39 is 11.8 Å². The maximum Gasteiger partial charge on any atom is 0.309 e. The number of aromatic nitrogens is 1. The lowest BCUT2D eigenvalue weighted by molar-refractivity contribution is -0.139. The van der Waals surface area contributed by atoms with Gasteiger partial charge < -0.3 is 15.2 Å². The number of nitrogens with one attached hydrogen (secondary N) is 2. The maximum atomic E-state index is 13.0. The van der Waals surface area contributed by atoms with Crippen molar-refractivity contribution < 1.29 is 14.0 Å². The molecule has 0 aliphatic carbocycles. The zero-order chi connectivity index (χ0) is 20.6. The molecule has 2 amide bonds. The first-order valence-electron chi connectivity index (χ1n) is 10.2. The molecule has 156 valence electrons. The predicted octanol–water partition coefficient (Wildman–Crippen LogP) is 2.51. The topological polar surface area (TPSA) is 66.4 Å². The molecule has 2 N–H and O–H groups in total. The summed E-state index contributed by atoms with van der Waals surface area (Å²) < 4.78 is 15.0. The summed E-state index contributed by atoms with van der Waals surface area (Å²) in [6, 6.07) is 9.91. The second-order valence-electron chi connectivity index (χ2n) is 7.53. The molecule has 6 nitrogen and oxygen atoms in total. The summed E-state index contributed by atoms with van der Waals surface area (Å²) in [4.78, 5) is 26.9. The standard InChI is InChI=1S/C22H29FN4O2/c1-26-12-6-7-19(26)20(27-13-4-2-3-5-14-27)16-25-22(29)21(28)24-15-17-8-10-18(23)11-9-17/h6-12,20H,2-5,13-16H2,1H3,(H,24,28)(H,25,29). The Balaban J connectivity index is 1.57. The number of halogens is 1. The van der Waals surface area contributed by atoms with Crippen molar-refractivity contribution >= 4 is 11.8 Å². The number of amides is 2. The molecule has 1 aliphatic rings. The average molecular weight is 400 g/mol. The molecule has 1 aromatic carbocycles. The molecular weight excluding hydrogens is 371 g/mol. The Labute approximate surface area is 171 Å². The monoisotopic (exact) mass is 400 g/mol. The third kappa shape index (κ3) is 5.90. The molecule has 29 heavy (non-hydrogen) atoms. The van der Waals surface area contributed by atoms with Crippen molar-refractivity contribution in [3.05, 3.63) is 59.7 Å². The average Bonchev–Trinajstić information content (AvgIpc) is 2.97. The minimum absolute atomic E-state index is 0.0296. The van der Waals surface area contributed by atoms with Crippen LogP contribution in [0.15, 0.2) is 42.6 Å². The van der Waals surface area contributed by atoms with Crippen LogP contribution in [0.4, 0.5) is 4.39 Å². The number of nitrogens with zero attached hydrogens (tertiary/aromatic N) is 2. The van der Waals surface area contributed by atoms with E-state index in [1.165, 1.54) is 25.0 Å². The molecule has 1 unspecified atom stereocenters. The van der Waals surface area contributed by atoms with E-state index in [2.05, 4.69) is 26.2 Å². The highest BCUT2D eigenvalue weighted by atomic mass is 19.1. The van der Waals surface area contributed by atoms with Crippen molar-refractivity contribution in [2.75, 3.05) is 19.6 Å². The van der Waals surface area contributed by atoms with Gasteiger partial charge in [-0.1, -0.05) is 25.0 Å². The van der Waals surface area contributed by atoms with Gasteiger partial charge in [0, 0.05) is 32.0 Å². The highest BCUT2D eigenvalue weighted by molar-refractivity contribution is 6.35.